The molecule has 5 aromatic heterocycles. The molecule has 602 valence electrons. The second-order valence-corrected chi connectivity index (χ2v) is 34.5. The third-order valence-electron chi connectivity index (χ3n) is 22.8. The van der Waals surface area contributed by atoms with E-state index >= 15 is 13.2 Å². The summed E-state index contributed by atoms with van der Waals surface area (Å²) in [4.78, 5) is 64.7. The van der Waals surface area contributed by atoms with Gasteiger partial charge in [0.15, 0.2) is 29.1 Å². The van der Waals surface area contributed by atoms with E-state index in [4.69, 9.17) is 34.8 Å². The fraction of sp³-hybridized carbons (Fsp3) is 0.487. The average Bonchev–Trinajstić information content (AvgIpc) is 1.60. The van der Waals surface area contributed by atoms with Gasteiger partial charge in [-0.25, -0.2) is 50.8 Å². The van der Waals surface area contributed by atoms with Crippen molar-refractivity contribution in [2.24, 2.45) is 4.99 Å². The van der Waals surface area contributed by atoms with E-state index in [1.165, 1.54) is 24.8 Å². The number of hydrogen-bond acceptors (Lipinski definition) is 21. The topological polar surface area (TPSA) is 312 Å². The lowest BCUT2D eigenvalue weighted by Gasteiger charge is -2.37. The SMILES string of the molecule is CC1=CC(Nc2nc(Nc3cc(C)c(C4CCN(C5CCN(S(C)(=O)=O)C5)CC4)cc3F)ncc2Cl)=NC1.Cc1cc(Nc2nc(Cc3cc(C)c(C4CCN(C(=O)[C@@H]5[C@@H](O)CCN5C)CC4)cc3F)ncc2Cl)n[nH]1.Cc1cc(Nc2nc(Cc3cc(C)c(C4CCN(C(=O)[C@]5(C)CCCN5)CC4)cc3F)ncc2Cl)n[nH]1. The molecule has 33 heteroatoms. The van der Waals surface area contributed by atoms with Crippen LogP contribution in [0.3, 0.4) is 0 Å². The van der Waals surface area contributed by atoms with Gasteiger partial charge in [-0.2, -0.15) is 15.2 Å². The molecule has 2 amide bonds. The summed E-state index contributed by atoms with van der Waals surface area (Å²) in [5.74, 6) is 4.16. The molecule has 0 radical (unpaired) electrons. The maximum Gasteiger partial charge on any atom is 0.242 e. The molecule has 1 unspecified atom stereocenters. The number of likely N-dealkylation sites (tertiary alicyclic amines) is 4. The first-order chi connectivity index (χ1) is 54.0. The van der Waals surface area contributed by atoms with Crippen LogP contribution in [0.15, 0.2) is 83.8 Å². The van der Waals surface area contributed by atoms with Gasteiger partial charge in [0.2, 0.25) is 27.8 Å². The minimum absolute atomic E-state index is 0.00607. The molecule has 0 bridgehead atoms. The zero-order valence-corrected chi connectivity index (χ0v) is 68.3. The molecule has 8 N–H and O–H groups in total. The zero-order chi connectivity index (χ0) is 80.2. The van der Waals surface area contributed by atoms with Crippen LogP contribution in [0.25, 0.3) is 0 Å². The second kappa shape index (κ2) is 35.6. The first-order valence-electron chi connectivity index (χ1n) is 38.7. The van der Waals surface area contributed by atoms with Crippen LogP contribution in [0.4, 0.5) is 53.9 Å². The van der Waals surface area contributed by atoms with Gasteiger partial charge in [-0.05, 0) is 238 Å². The standard InChI is InChI=1S/C27H33ClFN7O2.C27H33ClFN7O.C26H33ClFN7O2S/c1-15-10-18(12-23-30-14-20(28)26(31-23)32-24-11-16(2)33-34-24)21(29)13-19(15)17-4-8-36(9-5-17)27(38)25-22(37)6-7-35(25)3;1-16-11-19(13-23-30-15-21(28)25(32-23)33-24-12-17(2)34-35-24)22(29)14-20(16)18-5-9-36(10-6-18)26(37)27(3)7-4-8-31-27;1-16-10-24(29-13-16)32-25-21(27)14-30-26(33-25)31-23-11-17(2)20(12-22(23)28)18-4-7-34(8-5-18)19-6-9-35(15-19)38(3,36)37/h10-11,13-14,17,22,25,37H,4-9,12H2,1-3H3,(H2,30,31,32,33,34);11-12,14-15,18,31H,4-10,13H2,1-3H3,(H2,30,32,33,34,35);10-12,14,18-19H,4-9,13,15H2,1-3H3,(H2,29,30,31,32,33)/t22-,25-;27-;/m00./s1. The highest BCUT2D eigenvalue weighted by atomic mass is 35.5. The molecule has 12 heterocycles. The first kappa shape index (κ1) is 82.3. The van der Waals surface area contributed by atoms with Crippen molar-refractivity contribution in [1.82, 2.24) is 79.5 Å². The van der Waals surface area contributed by atoms with E-state index in [-0.39, 0.29) is 71.9 Å². The predicted molar refractivity (Wildman–Crippen MR) is 434 cm³/mol. The van der Waals surface area contributed by atoms with Gasteiger partial charge in [0, 0.05) is 88.2 Å². The number of H-pyrrole nitrogens is 2. The lowest BCUT2D eigenvalue weighted by molar-refractivity contribution is -0.139. The number of likely N-dealkylation sites (N-methyl/N-ethyl adjacent to an activating group) is 1. The van der Waals surface area contributed by atoms with Gasteiger partial charge in [0.1, 0.15) is 56.0 Å². The van der Waals surface area contributed by atoms with Crippen LogP contribution in [0.2, 0.25) is 15.1 Å². The fourth-order valence-corrected chi connectivity index (χ4v) is 17.8. The molecule has 0 aliphatic carbocycles. The van der Waals surface area contributed by atoms with Crippen LogP contribution < -0.4 is 26.6 Å². The maximum absolute atomic E-state index is 15.3. The van der Waals surface area contributed by atoms with Gasteiger partial charge in [-0.15, -0.1) is 0 Å². The van der Waals surface area contributed by atoms with E-state index < -0.39 is 27.7 Å². The van der Waals surface area contributed by atoms with Crippen LogP contribution in [-0.4, -0.2) is 214 Å². The number of piperidine rings is 3. The monoisotopic (exact) mass is 1630 g/mol. The number of carbonyl (C=O) groups is 2. The summed E-state index contributed by atoms with van der Waals surface area (Å²) < 4.78 is 71.1. The first-order valence-corrected chi connectivity index (χ1v) is 41.6. The lowest BCUT2D eigenvalue weighted by atomic mass is 9.85. The molecule has 8 aromatic rings. The maximum atomic E-state index is 15.3. The summed E-state index contributed by atoms with van der Waals surface area (Å²) in [5.41, 5.74) is 9.93. The van der Waals surface area contributed by atoms with Crippen LogP contribution in [0, 0.1) is 52.1 Å². The summed E-state index contributed by atoms with van der Waals surface area (Å²) in [6, 6.07) is 13.9. The van der Waals surface area contributed by atoms with Crippen molar-refractivity contribution in [1.29, 1.82) is 0 Å². The van der Waals surface area contributed by atoms with Crippen molar-refractivity contribution >= 4 is 103 Å². The molecule has 113 heavy (non-hydrogen) atoms. The minimum Gasteiger partial charge on any atom is -0.391 e. The van der Waals surface area contributed by atoms with Crippen LogP contribution >= 0.6 is 34.8 Å². The number of nitrogens with one attached hydrogen (secondary N) is 7. The van der Waals surface area contributed by atoms with E-state index in [0.29, 0.717) is 131 Å². The van der Waals surface area contributed by atoms with E-state index in [2.05, 4.69) is 86.8 Å². The van der Waals surface area contributed by atoms with Crippen LogP contribution in [-0.2, 0) is 32.5 Å². The number of hydrogen-bond donors (Lipinski definition) is 8. The summed E-state index contributed by atoms with van der Waals surface area (Å²) in [6.45, 7) is 21.6. The number of nitrogens with zero attached hydrogens (tertiary/aromatic N) is 14. The number of rotatable bonds is 18. The number of aliphatic hydroxyl groups excluding tert-OH is 1. The number of aliphatic imine (C=N–C) groups is 1. The summed E-state index contributed by atoms with van der Waals surface area (Å²) in [7, 11) is -1.26. The molecule has 7 aliphatic heterocycles. The molecule has 4 atom stereocenters. The summed E-state index contributed by atoms with van der Waals surface area (Å²) in [5, 5.41) is 40.9. The Bertz CT molecular complexity index is 4970. The zero-order valence-electron chi connectivity index (χ0n) is 65.2. The molecule has 15 rings (SSSR count). The van der Waals surface area contributed by atoms with Gasteiger partial charge in [0.05, 0.1) is 48.7 Å². The smallest absolute Gasteiger partial charge is 0.242 e. The Labute approximate surface area is 672 Å². The Morgan fingerprint density at radius 2 is 1.12 bits per heavy atom. The Morgan fingerprint density at radius 3 is 1.58 bits per heavy atom. The minimum atomic E-state index is -3.14. The normalized spacial score (nSPS) is 20.9. The van der Waals surface area contributed by atoms with Crippen molar-refractivity contribution in [3.63, 3.8) is 0 Å². The molecule has 6 saturated heterocycles. The number of halogens is 6. The van der Waals surface area contributed by atoms with Crippen molar-refractivity contribution in [3.05, 3.63) is 179 Å². The molecule has 7 aliphatic rings. The summed E-state index contributed by atoms with van der Waals surface area (Å²) in [6.07, 6.45) is 16.0. The van der Waals surface area contributed by atoms with Crippen molar-refractivity contribution in [2.45, 2.75) is 167 Å². The number of aryl methyl sites for hydroxylation is 5. The van der Waals surface area contributed by atoms with Gasteiger partial charge >= 0.3 is 0 Å². The Morgan fingerprint density at radius 1 is 0.611 bits per heavy atom. The number of amides is 2. The number of aromatic nitrogens is 10. The van der Waals surface area contributed by atoms with Gasteiger partial charge in [-0.3, -0.25) is 34.6 Å². The number of carbonyl (C=O) groups excluding carboxylic acids is 2. The highest BCUT2D eigenvalue weighted by Gasteiger charge is 2.42. The molecule has 0 spiro atoms. The van der Waals surface area contributed by atoms with Gasteiger partial charge < -0.3 is 41.5 Å². The third kappa shape index (κ3) is 20.0. The lowest BCUT2D eigenvalue weighted by Crippen LogP contribution is -2.54. The van der Waals surface area contributed by atoms with Gasteiger partial charge in [-0.1, -0.05) is 46.9 Å². The second-order valence-electron chi connectivity index (χ2n) is 31.2. The number of amidine groups is 1. The number of aliphatic hydroxyl groups is 1. The number of anilines is 7. The van der Waals surface area contributed by atoms with Crippen molar-refractivity contribution in [3.8, 4) is 0 Å². The average molecular weight is 1630 g/mol. The molecular formula is C80H99Cl3F3N21O5S. The third-order valence-corrected chi connectivity index (χ3v) is 24.9. The predicted octanol–water partition coefficient (Wildman–Crippen LogP) is 12.8. The van der Waals surface area contributed by atoms with E-state index in [1.807, 2.05) is 101 Å². The quantitative estimate of drug-likeness (QED) is 0.0396. The number of sulfonamides is 1. The van der Waals surface area contributed by atoms with E-state index in [1.54, 1.807) is 28.6 Å². The van der Waals surface area contributed by atoms with Crippen molar-refractivity contribution in [2.75, 3.05) is 107 Å². The Kier molecular flexibility index (Phi) is 25.9. The largest absolute Gasteiger partial charge is 0.391 e. The Balaban J connectivity index is 0.000000148. The van der Waals surface area contributed by atoms with Gasteiger partial charge in [0.25, 0.3) is 0 Å². The molecule has 26 nitrogen and oxygen atoms in total. The molecule has 6 fully saturated rings. The van der Waals surface area contributed by atoms with Crippen molar-refractivity contribution < 1.29 is 36.3 Å². The van der Waals surface area contributed by atoms with E-state index in [9.17, 15) is 23.1 Å². The Hall–Kier alpha value is -8.72. The molecular weight excluding hydrogens is 1530 g/mol. The number of aromatic amines is 2. The molecule has 0 saturated carbocycles. The highest BCUT2D eigenvalue weighted by molar-refractivity contribution is 7.88. The van der Waals surface area contributed by atoms with Crippen LogP contribution in [0.1, 0.15) is 163 Å². The van der Waals surface area contributed by atoms with E-state index in [0.717, 1.165) is 134 Å². The molecule has 3 aromatic carbocycles. The summed E-state index contributed by atoms with van der Waals surface area (Å²) >= 11 is 18.8. The number of benzene rings is 3. The fourth-order valence-electron chi connectivity index (χ4n) is 16.5. The van der Waals surface area contributed by atoms with Crippen LogP contribution in [0.5, 0.6) is 0 Å². The highest BCUT2D eigenvalue weighted by Crippen LogP contribution is 2.39.